The van der Waals surface area contributed by atoms with E-state index in [0.29, 0.717) is 39.2 Å². The molecule has 0 bridgehead atoms. The van der Waals surface area contributed by atoms with Crippen LogP contribution in [0, 0.1) is 0 Å². The maximum atomic E-state index is 12.8. The van der Waals surface area contributed by atoms with Crippen LogP contribution in [0.4, 0.5) is 0 Å². The molecule has 0 N–H and O–H groups in total. The number of ether oxygens (including phenoxy) is 4. The Morgan fingerprint density at radius 2 is 1.59 bits per heavy atom. The van der Waals surface area contributed by atoms with E-state index in [1.807, 2.05) is 48.5 Å². The molecule has 3 aromatic carbocycles. The van der Waals surface area contributed by atoms with E-state index in [4.69, 9.17) is 30.5 Å². The van der Waals surface area contributed by atoms with Gasteiger partial charge in [0.2, 0.25) is 12.7 Å². The smallest absolute Gasteiger partial charge is 0.364 e. The van der Waals surface area contributed by atoms with Gasteiger partial charge in [0.1, 0.15) is 11.5 Å². The summed E-state index contributed by atoms with van der Waals surface area (Å²) in [6.07, 6.45) is 1.79. The number of halogens is 1. The molecule has 3 aliphatic rings. The normalized spacial score (nSPS) is 18.5. The maximum absolute atomic E-state index is 12.8. The fourth-order valence-electron chi connectivity index (χ4n) is 3.75. The molecule has 0 saturated carbocycles. The van der Waals surface area contributed by atoms with E-state index >= 15 is 0 Å². The lowest BCUT2D eigenvalue weighted by Crippen LogP contribution is -2.08. The summed E-state index contributed by atoms with van der Waals surface area (Å²) in [7, 11) is 0. The van der Waals surface area contributed by atoms with Gasteiger partial charge in [0.05, 0.1) is 10.6 Å². The number of aliphatic imine (C=N–C) groups is 1. The van der Waals surface area contributed by atoms with Crippen molar-refractivity contribution in [2.24, 2.45) is 4.99 Å². The van der Waals surface area contributed by atoms with Crippen LogP contribution in [0.5, 0.6) is 17.2 Å². The molecular weight excluding hydrogens is 430 g/mol. The number of fused-ring (bicyclic) bond motifs is 2. The molecule has 3 heterocycles. The van der Waals surface area contributed by atoms with Crippen molar-refractivity contribution in [1.29, 1.82) is 0 Å². The van der Waals surface area contributed by atoms with E-state index in [1.165, 1.54) is 0 Å². The Hall–Kier alpha value is -4.03. The molecule has 0 saturated heterocycles. The quantitative estimate of drug-likeness (QED) is 0.401. The van der Waals surface area contributed by atoms with Crippen molar-refractivity contribution in [3.05, 3.63) is 100 Å². The Labute approximate surface area is 188 Å². The average Bonchev–Trinajstić information content (AvgIpc) is 3.44. The van der Waals surface area contributed by atoms with Crippen LogP contribution < -0.4 is 14.2 Å². The predicted octanol–water partition coefficient (Wildman–Crippen LogP) is 5.22. The van der Waals surface area contributed by atoms with Crippen molar-refractivity contribution in [3.63, 3.8) is 0 Å². The zero-order valence-electron chi connectivity index (χ0n) is 16.5. The molecule has 0 unspecified atom stereocenters. The number of hydrogen-bond donors (Lipinski definition) is 0. The van der Waals surface area contributed by atoms with Gasteiger partial charge in [-0.3, -0.25) is 0 Å². The summed E-state index contributed by atoms with van der Waals surface area (Å²) in [5.74, 6) is 2.10. The fourth-order valence-corrected chi connectivity index (χ4v) is 3.97. The summed E-state index contributed by atoms with van der Waals surface area (Å²) in [6, 6.07) is 20.1. The van der Waals surface area contributed by atoms with Crippen LogP contribution in [0.1, 0.15) is 16.7 Å². The molecular formula is C25H14ClNO5. The monoisotopic (exact) mass is 443 g/mol. The highest BCUT2D eigenvalue weighted by Gasteiger charge is 2.31. The summed E-state index contributed by atoms with van der Waals surface area (Å²) < 4.78 is 22.5. The number of esters is 1. The SMILES string of the molecule is O=C1OC(c2ccccc2Cl)=N/C1=C1/C=C(c2ccc3c(c2)OCO3)Oc2ccccc21. The standard InChI is InChI=1S/C25H14ClNO5/c26-18-7-3-1-6-16(18)24-27-23(25(28)32-24)17-12-21(31-19-8-4-2-5-15(17)19)14-9-10-20-22(11-14)30-13-29-20/h1-12H,13H2/b23-17-. The minimum atomic E-state index is -0.548. The highest BCUT2D eigenvalue weighted by molar-refractivity contribution is 6.34. The van der Waals surface area contributed by atoms with Crippen LogP contribution in [0.2, 0.25) is 5.02 Å². The van der Waals surface area contributed by atoms with E-state index in [2.05, 4.69) is 4.99 Å². The van der Waals surface area contributed by atoms with Gasteiger partial charge in [0.15, 0.2) is 17.2 Å². The number of para-hydroxylation sites is 1. The molecule has 0 aliphatic carbocycles. The van der Waals surface area contributed by atoms with Crippen LogP contribution in [-0.2, 0) is 9.53 Å². The molecule has 3 aromatic rings. The topological polar surface area (TPSA) is 66.4 Å². The molecule has 6 rings (SSSR count). The van der Waals surface area contributed by atoms with Crippen molar-refractivity contribution in [1.82, 2.24) is 0 Å². The van der Waals surface area contributed by atoms with Crippen LogP contribution in [-0.4, -0.2) is 18.7 Å². The zero-order chi connectivity index (χ0) is 21.7. The minimum absolute atomic E-state index is 0.171. The average molecular weight is 444 g/mol. The highest BCUT2D eigenvalue weighted by Crippen LogP contribution is 2.42. The number of nitrogens with zero attached hydrogens (tertiary/aromatic N) is 1. The van der Waals surface area contributed by atoms with Gasteiger partial charge < -0.3 is 18.9 Å². The number of allylic oxidation sites excluding steroid dienone is 2. The van der Waals surface area contributed by atoms with Crippen LogP contribution in [0.3, 0.4) is 0 Å². The third-order valence-corrected chi connectivity index (χ3v) is 5.61. The van der Waals surface area contributed by atoms with Crippen LogP contribution >= 0.6 is 11.6 Å². The van der Waals surface area contributed by atoms with Gasteiger partial charge >= 0.3 is 5.97 Å². The molecule has 0 spiro atoms. The van der Waals surface area contributed by atoms with Gasteiger partial charge in [-0.25, -0.2) is 9.79 Å². The molecule has 32 heavy (non-hydrogen) atoms. The third-order valence-electron chi connectivity index (χ3n) is 5.29. The summed E-state index contributed by atoms with van der Waals surface area (Å²) >= 11 is 6.27. The van der Waals surface area contributed by atoms with Gasteiger partial charge in [0.25, 0.3) is 0 Å². The van der Waals surface area contributed by atoms with Gasteiger partial charge in [0, 0.05) is 16.7 Å². The largest absolute Gasteiger partial charge is 0.456 e. The summed E-state index contributed by atoms with van der Waals surface area (Å²) in [6.45, 7) is 0.183. The highest BCUT2D eigenvalue weighted by atomic mass is 35.5. The second-order valence-electron chi connectivity index (χ2n) is 7.22. The Kier molecular flexibility index (Phi) is 4.26. The molecule has 0 radical (unpaired) electrons. The third kappa shape index (κ3) is 3.04. The maximum Gasteiger partial charge on any atom is 0.364 e. The van der Waals surface area contributed by atoms with Gasteiger partial charge in [-0.15, -0.1) is 0 Å². The first-order chi connectivity index (χ1) is 15.7. The lowest BCUT2D eigenvalue weighted by Gasteiger charge is -2.20. The predicted molar refractivity (Wildman–Crippen MR) is 119 cm³/mol. The van der Waals surface area contributed by atoms with E-state index in [-0.39, 0.29) is 18.4 Å². The summed E-state index contributed by atoms with van der Waals surface area (Å²) in [5.41, 5.74) is 2.87. The number of carbonyl (C=O) groups is 1. The molecule has 6 nitrogen and oxygen atoms in total. The van der Waals surface area contributed by atoms with Crippen molar-refractivity contribution in [2.45, 2.75) is 0 Å². The van der Waals surface area contributed by atoms with Gasteiger partial charge in [-0.2, -0.15) is 0 Å². The number of hydrogen-bond acceptors (Lipinski definition) is 6. The number of cyclic esters (lactones) is 1. The Morgan fingerprint density at radius 1 is 0.812 bits per heavy atom. The lowest BCUT2D eigenvalue weighted by molar-refractivity contribution is -0.129. The summed E-state index contributed by atoms with van der Waals surface area (Å²) in [5, 5.41) is 0.453. The van der Waals surface area contributed by atoms with Crippen molar-refractivity contribution >= 4 is 34.8 Å². The first kappa shape index (κ1) is 18.7. The second-order valence-corrected chi connectivity index (χ2v) is 7.63. The molecule has 3 aliphatic heterocycles. The first-order valence-corrected chi connectivity index (χ1v) is 10.2. The molecule has 0 aromatic heterocycles. The van der Waals surface area contributed by atoms with E-state index in [0.717, 1.165) is 11.1 Å². The van der Waals surface area contributed by atoms with Crippen LogP contribution in [0.15, 0.2) is 83.5 Å². The number of benzene rings is 3. The lowest BCUT2D eigenvalue weighted by atomic mass is 9.97. The zero-order valence-corrected chi connectivity index (χ0v) is 17.3. The molecule has 0 amide bonds. The van der Waals surface area contributed by atoms with E-state index in [9.17, 15) is 4.79 Å². The van der Waals surface area contributed by atoms with Gasteiger partial charge in [-0.05, 0) is 42.5 Å². The molecule has 7 heteroatoms. The molecule has 0 fully saturated rings. The molecule has 0 atom stereocenters. The van der Waals surface area contributed by atoms with E-state index < -0.39 is 5.97 Å². The van der Waals surface area contributed by atoms with Crippen molar-refractivity contribution in [3.8, 4) is 17.2 Å². The second kappa shape index (κ2) is 7.28. The number of rotatable bonds is 2. The van der Waals surface area contributed by atoms with Crippen molar-refractivity contribution in [2.75, 3.05) is 6.79 Å². The minimum Gasteiger partial charge on any atom is -0.456 e. The first-order valence-electron chi connectivity index (χ1n) is 9.86. The van der Waals surface area contributed by atoms with E-state index in [1.54, 1.807) is 24.3 Å². The Balaban J connectivity index is 1.51. The molecule has 156 valence electrons. The Bertz CT molecular complexity index is 1390. The van der Waals surface area contributed by atoms with Gasteiger partial charge in [-0.1, -0.05) is 41.9 Å². The number of carbonyl (C=O) groups excluding carboxylic acids is 1. The van der Waals surface area contributed by atoms with Crippen molar-refractivity contribution < 1.29 is 23.7 Å². The summed E-state index contributed by atoms with van der Waals surface area (Å²) in [4.78, 5) is 17.3. The Morgan fingerprint density at radius 3 is 2.47 bits per heavy atom. The van der Waals surface area contributed by atoms with Crippen LogP contribution in [0.25, 0.3) is 11.3 Å². The fraction of sp³-hybridized carbons (Fsp3) is 0.0400.